The number of rotatable bonds is 6. The number of aromatic nitrogens is 3. The van der Waals surface area contributed by atoms with Gasteiger partial charge in [0.1, 0.15) is 5.69 Å². The Hall–Kier alpha value is -2.87. The van der Waals surface area contributed by atoms with Crippen LogP contribution >= 0.6 is 11.3 Å². The lowest BCUT2D eigenvalue weighted by Crippen LogP contribution is -2.23. The predicted molar refractivity (Wildman–Crippen MR) is 90.0 cm³/mol. The molecule has 1 N–H and O–H groups in total. The summed E-state index contributed by atoms with van der Waals surface area (Å²) in [6.45, 7) is 0.289. The molecule has 124 valence electrons. The number of amides is 1. The van der Waals surface area contributed by atoms with E-state index in [0.29, 0.717) is 22.8 Å². The van der Waals surface area contributed by atoms with E-state index in [1.807, 2.05) is 16.8 Å². The van der Waals surface area contributed by atoms with E-state index >= 15 is 0 Å². The van der Waals surface area contributed by atoms with E-state index in [-0.39, 0.29) is 12.5 Å². The fourth-order valence-electron chi connectivity index (χ4n) is 2.14. The Balaban J connectivity index is 1.65. The van der Waals surface area contributed by atoms with Crippen LogP contribution in [0.2, 0.25) is 0 Å². The van der Waals surface area contributed by atoms with Gasteiger partial charge in [-0.25, -0.2) is 4.68 Å². The molecule has 0 radical (unpaired) electrons. The monoisotopic (exact) mass is 344 g/mol. The molecule has 3 aromatic rings. The van der Waals surface area contributed by atoms with E-state index in [0.717, 1.165) is 5.69 Å². The van der Waals surface area contributed by atoms with Gasteiger partial charge >= 0.3 is 0 Å². The standard InChI is InChI=1S/C16H16N4O3S/c1-22-14-4-3-11(7-15(14)23-2)16(21)17-8-12-9-20(19-18-12)13-5-6-24-10-13/h3-7,9-10H,8H2,1-2H3,(H,17,21). The van der Waals surface area contributed by atoms with E-state index in [2.05, 4.69) is 15.6 Å². The third-order valence-corrected chi connectivity index (χ3v) is 4.06. The van der Waals surface area contributed by atoms with E-state index < -0.39 is 0 Å². The highest BCUT2D eigenvalue weighted by Gasteiger charge is 2.11. The summed E-state index contributed by atoms with van der Waals surface area (Å²) in [4.78, 5) is 12.3. The molecule has 0 aliphatic carbocycles. The van der Waals surface area contributed by atoms with Crippen molar-refractivity contribution in [3.8, 4) is 17.2 Å². The van der Waals surface area contributed by atoms with Crippen molar-refractivity contribution < 1.29 is 14.3 Å². The number of ether oxygens (including phenoxy) is 2. The van der Waals surface area contributed by atoms with Crippen molar-refractivity contribution in [3.05, 3.63) is 52.5 Å². The molecule has 0 atom stereocenters. The fourth-order valence-corrected chi connectivity index (χ4v) is 2.77. The number of nitrogens with one attached hydrogen (secondary N) is 1. The largest absolute Gasteiger partial charge is 0.493 e. The summed E-state index contributed by atoms with van der Waals surface area (Å²) in [5.41, 5.74) is 2.11. The van der Waals surface area contributed by atoms with E-state index in [4.69, 9.17) is 9.47 Å². The minimum Gasteiger partial charge on any atom is -0.493 e. The molecule has 0 unspecified atom stereocenters. The first kappa shape index (κ1) is 16.0. The van der Waals surface area contributed by atoms with Crippen molar-refractivity contribution in [1.82, 2.24) is 20.3 Å². The molecule has 0 aliphatic rings. The molecule has 0 spiro atoms. The van der Waals surface area contributed by atoms with E-state index in [9.17, 15) is 4.79 Å². The lowest BCUT2D eigenvalue weighted by molar-refractivity contribution is 0.0950. The van der Waals surface area contributed by atoms with Gasteiger partial charge in [0.05, 0.1) is 32.6 Å². The summed E-state index contributed by atoms with van der Waals surface area (Å²) in [7, 11) is 3.08. The van der Waals surface area contributed by atoms with E-state index in [1.54, 1.807) is 47.5 Å². The second-order valence-electron chi connectivity index (χ2n) is 4.89. The zero-order chi connectivity index (χ0) is 16.9. The lowest BCUT2D eigenvalue weighted by Gasteiger charge is -2.09. The van der Waals surface area contributed by atoms with Crippen LogP contribution in [-0.4, -0.2) is 35.1 Å². The third kappa shape index (κ3) is 3.38. The maximum Gasteiger partial charge on any atom is 0.251 e. The summed E-state index contributed by atoms with van der Waals surface area (Å²) >= 11 is 1.59. The first-order valence-electron chi connectivity index (χ1n) is 7.15. The van der Waals surface area contributed by atoms with Gasteiger partial charge in [0.25, 0.3) is 5.91 Å². The zero-order valence-electron chi connectivity index (χ0n) is 13.2. The van der Waals surface area contributed by atoms with Gasteiger partial charge < -0.3 is 14.8 Å². The van der Waals surface area contributed by atoms with Crippen molar-refractivity contribution in [2.75, 3.05) is 14.2 Å². The Morgan fingerprint density at radius 1 is 1.25 bits per heavy atom. The molecule has 2 aromatic heterocycles. The van der Waals surface area contributed by atoms with Crippen LogP contribution in [-0.2, 0) is 6.54 Å². The second-order valence-corrected chi connectivity index (χ2v) is 5.67. The molecule has 24 heavy (non-hydrogen) atoms. The van der Waals surface area contributed by atoms with Crippen LogP contribution in [0.1, 0.15) is 16.1 Å². The van der Waals surface area contributed by atoms with Crippen LogP contribution in [0.15, 0.2) is 41.2 Å². The van der Waals surface area contributed by atoms with Crippen LogP contribution < -0.4 is 14.8 Å². The Kier molecular flexibility index (Phi) is 4.76. The molecule has 3 rings (SSSR count). The van der Waals surface area contributed by atoms with Gasteiger partial charge in [0.15, 0.2) is 11.5 Å². The summed E-state index contributed by atoms with van der Waals surface area (Å²) < 4.78 is 12.0. The summed E-state index contributed by atoms with van der Waals surface area (Å²) in [6, 6.07) is 6.96. The molecule has 0 aliphatic heterocycles. The quantitative estimate of drug-likeness (QED) is 0.742. The van der Waals surface area contributed by atoms with Gasteiger partial charge in [-0.1, -0.05) is 5.21 Å². The van der Waals surface area contributed by atoms with Crippen molar-refractivity contribution in [1.29, 1.82) is 0 Å². The number of benzene rings is 1. The third-order valence-electron chi connectivity index (χ3n) is 3.39. The molecular weight excluding hydrogens is 328 g/mol. The van der Waals surface area contributed by atoms with Crippen LogP contribution in [0.5, 0.6) is 11.5 Å². The molecule has 2 heterocycles. The Labute approximate surface area is 142 Å². The number of hydrogen-bond donors (Lipinski definition) is 1. The number of carbonyl (C=O) groups excluding carboxylic acids is 1. The molecule has 8 heteroatoms. The van der Waals surface area contributed by atoms with Crippen LogP contribution in [0.4, 0.5) is 0 Å². The number of thiophene rings is 1. The van der Waals surface area contributed by atoms with Crippen molar-refractivity contribution in [3.63, 3.8) is 0 Å². The average molecular weight is 344 g/mol. The summed E-state index contributed by atoms with van der Waals surface area (Å²) in [5.74, 6) is 0.863. The topological polar surface area (TPSA) is 78.3 Å². The molecule has 1 aromatic carbocycles. The van der Waals surface area contributed by atoms with Crippen LogP contribution in [0.25, 0.3) is 5.69 Å². The van der Waals surface area contributed by atoms with Crippen LogP contribution in [0, 0.1) is 0 Å². The highest BCUT2D eigenvalue weighted by Crippen LogP contribution is 2.27. The lowest BCUT2D eigenvalue weighted by atomic mass is 10.2. The first-order chi connectivity index (χ1) is 11.7. The maximum atomic E-state index is 12.3. The second kappa shape index (κ2) is 7.14. The molecule has 1 amide bonds. The van der Waals surface area contributed by atoms with Crippen molar-refractivity contribution in [2.45, 2.75) is 6.54 Å². The minimum absolute atomic E-state index is 0.221. The molecule has 0 saturated carbocycles. The fraction of sp³-hybridized carbons (Fsp3) is 0.188. The Morgan fingerprint density at radius 2 is 2.08 bits per heavy atom. The van der Waals surface area contributed by atoms with Gasteiger partial charge in [0, 0.05) is 10.9 Å². The van der Waals surface area contributed by atoms with Crippen LogP contribution in [0.3, 0.4) is 0 Å². The summed E-state index contributed by atoms with van der Waals surface area (Å²) in [6.07, 6.45) is 1.79. The van der Waals surface area contributed by atoms with Crippen molar-refractivity contribution >= 4 is 17.2 Å². The van der Waals surface area contributed by atoms with Gasteiger partial charge in [-0.05, 0) is 29.6 Å². The molecule has 7 nitrogen and oxygen atoms in total. The first-order valence-corrected chi connectivity index (χ1v) is 8.09. The molecule has 0 saturated heterocycles. The predicted octanol–water partition coefficient (Wildman–Crippen LogP) is 2.28. The zero-order valence-corrected chi connectivity index (χ0v) is 14.0. The smallest absolute Gasteiger partial charge is 0.251 e. The number of nitrogens with zero attached hydrogens (tertiary/aromatic N) is 3. The number of hydrogen-bond acceptors (Lipinski definition) is 6. The van der Waals surface area contributed by atoms with E-state index in [1.165, 1.54) is 7.11 Å². The minimum atomic E-state index is -0.221. The molecule has 0 fully saturated rings. The number of carbonyl (C=O) groups is 1. The normalized spacial score (nSPS) is 10.4. The SMILES string of the molecule is COc1ccc(C(=O)NCc2cn(-c3ccsc3)nn2)cc1OC. The summed E-state index contributed by atoms with van der Waals surface area (Å²) in [5, 5.41) is 14.9. The van der Waals surface area contributed by atoms with Gasteiger partial charge in [-0.15, -0.1) is 5.10 Å². The Bertz CT molecular complexity index is 830. The molecular formula is C16H16N4O3S. The van der Waals surface area contributed by atoms with Gasteiger partial charge in [-0.3, -0.25) is 4.79 Å². The molecule has 0 bridgehead atoms. The van der Waals surface area contributed by atoms with Crippen molar-refractivity contribution in [2.24, 2.45) is 0 Å². The number of methoxy groups -OCH3 is 2. The highest BCUT2D eigenvalue weighted by atomic mass is 32.1. The Morgan fingerprint density at radius 3 is 2.79 bits per heavy atom. The maximum absolute atomic E-state index is 12.3. The van der Waals surface area contributed by atoms with Gasteiger partial charge in [0.2, 0.25) is 0 Å². The average Bonchev–Trinajstić information content (AvgIpc) is 3.30. The van der Waals surface area contributed by atoms with Gasteiger partial charge in [-0.2, -0.15) is 11.3 Å². The highest BCUT2D eigenvalue weighted by molar-refractivity contribution is 7.08.